The lowest BCUT2D eigenvalue weighted by atomic mass is 10.1. The lowest BCUT2D eigenvalue weighted by Crippen LogP contribution is -2.48. The number of nitrogens with two attached hydrogens (primary N) is 1. The molecule has 148 valence electrons. The highest BCUT2D eigenvalue weighted by Gasteiger charge is 2.21. The number of amides is 4. The van der Waals surface area contributed by atoms with Crippen LogP contribution in [0.2, 0.25) is 0 Å². The summed E-state index contributed by atoms with van der Waals surface area (Å²) in [7, 11) is 0. The molecule has 0 aromatic carbocycles. The number of hydrogen-bond acceptors (Lipinski definition) is 7. The van der Waals surface area contributed by atoms with Gasteiger partial charge in [-0.25, -0.2) is 9.78 Å². The van der Waals surface area contributed by atoms with Crippen LogP contribution in [-0.2, 0) is 30.4 Å². The molecule has 1 aromatic rings. The maximum atomic E-state index is 11.8. The van der Waals surface area contributed by atoms with Crippen molar-refractivity contribution in [1.82, 2.24) is 31.2 Å². The number of nitrogens with one attached hydrogen (secondary N) is 5. The predicted molar refractivity (Wildman–Crippen MR) is 89.9 cm³/mol. The number of H-pyrrole nitrogens is 1. The van der Waals surface area contributed by atoms with Gasteiger partial charge < -0.3 is 37.1 Å². The molecule has 13 heteroatoms. The van der Waals surface area contributed by atoms with E-state index in [0.717, 1.165) is 0 Å². The summed E-state index contributed by atoms with van der Waals surface area (Å²) in [4.78, 5) is 63.3. The number of carboxylic acid groups (broad SMARTS) is 1. The van der Waals surface area contributed by atoms with Crippen LogP contribution < -0.4 is 27.0 Å². The Balaban J connectivity index is 2.29. The van der Waals surface area contributed by atoms with Gasteiger partial charge in [-0.2, -0.15) is 0 Å². The third-order valence-corrected chi connectivity index (χ3v) is 3.14. The first kappa shape index (κ1) is 21.6. The van der Waals surface area contributed by atoms with Gasteiger partial charge in [0.1, 0.15) is 6.04 Å². The lowest BCUT2D eigenvalue weighted by Gasteiger charge is -2.14. The van der Waals surface area contributed by atoms with Crippen LogP contribution in [0.3, 0.4) is 0 Å². The van der Waals surface area contributed by atoms with Crippen LogP contribution in [0.4, 0.5) is 0 Å². The molecule has 1 aromatic heterocycles. The first-order chi connectivity index (χ1) is 12.8. The average molecular weight is 383 g/mol. The van der Waals surface area contributed by atoms with E-state index >= 15 is 0 Å². The summed E-state index contributed by atoms with van der Waals surface area (Å²) < 4.78 is 0. The quantitative estimate of drug-likeness (QED) is 0.199. The lowest BCUT2D eigenvalue weighted by molar-refractivity contribution is -0.141. The van der Waals surface area contributed by atoms with Crippen molar-refractivity contribution in [2.75, 3.05) is 26.2 Å². The highest BCUT2D eigenvalue weighted by atomic mass is 16.4. The first-order valence-electron chi connectivity index (χ1n) is 7.81. The monoisotopic (exact) mass is 383 g/mol. The molecule has 27 heavy (non-hydrogen) atoms. The first-order valence-corrected chi connectivity index (χ1v) is 7.81. The Kier molecular flexibility index (Phi) is 8.94. The molecule has 0 aliphatic heterocycles. The van der Waals surface area contributed by atoms with Crippen LogP contribution in [0.25, 0.3) is 0 Å². The summed E-state index contributed by atoms with van der Waals surface area (Å²) in [6.45, 7) is -1.48. The highest BCUT2D eigenvalue weighted by Crippen LogP contribution is 1.98. The van der Waals surface area contributed by atoms with Crippen molar-refractivity contribution >= 4 is 29.6 Å². The molecule has 1 atom stereocenters. The fraction of sp³-hybridized carbons (Fsp3) is 0.429. The Morgan fingerprint density at radius 1 is 1.00 bits per heavy atom. The van der Waals surface area contributed by atoms with E-state index < -0.39 is 48.7 Å². The molecule has 0 aliphatic rings. The van der Waals surface area contributed by atoms with Gasteiger partial charge in [0.15, 0.2) is 0 Å². The zero-order valence-corrected chi connectivity index (χ0v) is 14.3. The van der Waals surface area contributed by atoms with E-state index in [1.807, 2.05) is 0 Å². The van der Waals surface area contributed by atoms with E-state index in [-0.39, 0.29) is 19.5 Å². The van der Waals surface area contributed by atoms with Gasteiger partial charge in [-0.15, -0.1) is 0 Å². The number of carboxylic acids is 1. The fourth-order valence-electron chi connectivity index (χ4n) is 1.80. The van der Waals surface area contributed by atoms with Gasteiger partial charge in [-0.1, -0.05) is 0 Å². The van der Waals surface area contributed by atoms with Crippen molar-refractivity contribution < 1.29 is 29.1 Å². The predicted octanol–water partition coefficient (Wildman–Crippen LogP) is -4.17. The zero-order valence-electron chi connectivity index (χ0n) is 14.3. The minimum atomic E-state index is -1.24. The van der Waals surface area contributed by atoms with Crippen molar-refractivity contribution in [1.29, 1.82) is 0 Å². The Morgan fingerprint density at radius 2 is 1.56 bits per heavy atom. The van der Waals surface area contributed by atoms with Crippen molar-refractivity contribution in [3.63, 3.8) is 0 Å². The maximum absolute atomic E-state index is 11.8. The SMILES string of the molecule is NCC(=O)NCC(=O)NCC(=O)NCC(=O)NC(Cc1cnc[nH]1)C(=O)O. The zero-order chi connectivity index (χ0) is 20.2. The van der Waals surface area contributed by atoms with Crippen molar-refractivity contribution in [2.45, 2.75) is 12.5 Å². The minimum Gasteiger partial charge on any atom is -0.480 e. The number of rotatable bonds is 11. The van der Waals surface area contributed by atoms with Gasteiger partial charge >= 0.3 is 5.97 Å². The summed E-state index contributed by atoms with van der Waals surface area (Å²) in [6.07, 6.45) is 2.81. The third kappa shape index (κ3) is 8.97. The topological polar surface area (TPSA) is 208 Å². The van der Waals surface area contributed by atoms with E-state index in [9.17, 15) is 24.0 Å². The molecule has 0 bridgehead atoms. The summed E-state index contributed by atoms with van der Waals surface area (Å²) in [5.74, 6) is -3.74. The van der Waals surface area contributed by atoms with Crippen molar-refractivity contribution in [3.05, 3.63) is 18.2 Å². The largest absolute Gasteiger partial charge is 0.480 e. The highest BCUT2D eigenvalue weighted by molar-refractivity contribution is 5.91. The van der Waals surface area contributed by atoms with E-state index in [2.05, 4.69) is 31.2 Å². The number of aromatic amines is 1. The van der Waals surface area contributed by atoms with E-state index in [1.165, 1.54) is 12.5 Å². The average Bonchev–Trinajstić information content (AvgIpc) is 3.15. The van der Waals surface area contributed by atoms with Crippen LogP contribution in [0.5, 0.6) is 0 Å². The molecule has 0 saturated heterocycles. The van der Waals surface area contributed by atoms with Gasteiger partial charge in [0.2, 0.25) is 23.6 Å². The molecule has 4 amide bonds. The van der Waals surface area contributed by atoms with Crippen LogP contribution >= 0.6 is 0 Å². The molecule has 0 saturated carbocycles. The van der Waals surface area contributed by atoms with Crippen LogP contribution in [0, 0.1) is 0 Å². The number of carbonyl (C=O) groups is 5. The van der Waals surface area contributed by atoms with Crippen molar-refractivity contribution in [2.24, 2.45) is 5.73 Å². The van der Waals surface area contributed by atoms with E-state index in [1.54, 1.807) is 0 Å². The molecule has 13 nitrogen and oxygen atoms in total. The van der Waals surface area contributed by atoms with E-state index in [0.29, 0.717) is 5.69 Å². The van der Waals surface area contributed by atoms with E-state index in [4.69, 9.17) is 10.8 Å². The second kappa shape index (κ2) is 11.2. The summed E-state index contributed by atoms with van der Waals surface area (Å²) >= 11 is 0. The Bertz CT molecular complexity index is 676. The summed E-state index contributed by atoms with van der Waals surface area (Å²) in [5, 5.41) is 18.1. The molecule has 8 N–H and O–H groups in total. The maximum Gasteiger partial charge on any atom is 0.326 e. The minimum absolute atomic E-state index is 0.000399. The van der Waals surface area contributed by atoms with Crippen LogP contribution in [-0.4, -0.2) is 76.9 Å². The molecule has 0 radical (unpaired) electrons. The number of imidazole rings is 1. The molecule has 0 spiro atoms. The van der Waals surface area contributed by atoms with Gasteiger partial charge in [0.05, 0.1) is 32.5 Å². The number of aromatic nitrogens is 2. The Morgan fingerprint density at radius 3 is 2.04 bits per heavy atom. The Hall–Kier alpha value is -3.48. The second-order valence-corrected chi connectivity index (χ2v) is 5.27. The number of aliphatic carboxylic acids is 1. The smallest absolute Gasteiger partial charge is 0.326 e. The summed E-state index contributed by atoms with van der Waals surface area (Å²) in [6, 6.07) is -1.19. The fourth-order valence-corrected chi connectivity index (χ4v) is 1.80. The van der Waals surface area contributed by atoms with Gasteiger partial charge in [0, 0.05) is 18.3 Å². The molecular formula is C14H21N7O6. The van der Waals surface area contributed by atoms with Gasteiger partial charge in [0.25, 0.3) is 0 Å². The van der Waals surface area contributed by atoms with Crippen LogP contribution in [0.15, 0.2) is 12.5 Å². The van der Waals surface area contributed by atoms with Gasteiger partial charge in [-0.05, 0) is 0 Å². The molecule has 1 rings (SSSR count). The second-order valence-electron chi connectivity index (χ2n) is 5.27. The third-order valence-electron chi connectivity index (χ3n) is 3.14. The van der Waals surface area contributed by atoms with Gasteiger partial charge in [-0.3, -0.25) is 19.2 Å². The van der Waals surface area contributed by atoms with Crippen molar-refractivity contribution in [3.8, 4) is 0 Å². The number of hydrogen-bond donors (Lipinski definition) is 7. The number of carbonyl (C=O) groups excluding carboxylic acids is 4. The molecule has 0 aliphatic carbocycles. The molecule has 1 unspecified atom stereocenters. The molecular weight excluding hydrogens is 362 g/mol. The number of nitrogens with zero attached hydrogens (tertiary/aromatic N) is 1. The van der Waals surface area contributed by atoms with Crippen LogP contribution in [0.1, 0.15) is 5.69 Å². The Labute approximate surface area is 153 Å². The molecule has 0 fully saturated rings. The standard InChI is InChI=1S/C14H21N7O6/c15-2-10(22)17-4-11(23)18-5-12(24)19-6-13(25)21-9(14(26)27)1-8-3-16-7-20-8/h3,7,9H,1-2,4-6,15H2,(H,16,20)(H,17,22)(H,18,23)(H,19,24)(H,21,25)(H,26,27). The molecule has 1 heterocycles. The normalized spacial score (nSPS) is 11.1. The summed E-state index contributed by atoms with van der Waals surface area (Å²) in [5.41, 5.74) is 5.58.